The van der Waals surface area contributed by atoms with Gasteiger partial charge in [-0.05, 0) is 48.8 Å². The largest absolute Gasteiger partial charge is 0.338 e. The standard InChI is InChI=1S/C21H25ClN2O/c22-20-9-5-4-8-19(20)10-13-23-21(25)24-14-11-18(12-15-24)16-17-6-2-1-3-7-17/h1-9,18H,10-16H2,(H,23,25). The van der Waals surface area contributed by atoms with E-state index in [1.807, 2.05) is 29.2 Å². The lowest BCUT2D eigenvalue weighted by atomic mass is 9.90. The Balaban J connectivity index is 1.39. The zero-order valence-corrected chi connectivity index (χ0v) is 15.2. The second-order valence-corrected chi connectivity index (χ2v) is 7.10. The van der Waals surface area contributed by atoms with E-state index in [-0.39, 0.29) is 6.03 Å². The van der Waals surface area contributed by atoms with E-state index < -0.39 is 0 Å². The lowest BCUT2D eigenvalue weighted by molar-refractivity contribution is 0.170. The molecule has 1 saturated heterocycles. The molecule has 2 amide bonds. The molecule has 132 valence electrons. The predicted molar refractivity (Wildman–Crippen MR) is 103 cm³/mol. The molecule has 25 heavy (non-hydrogen) atoms. The van der Waals surface area contributed by atoms with Crippen molar-refractivity contribution in [3.63, 3.8) is 0 Å². The van der Waals surface area contributed by atoms with Gasteiger partial charge in [-0.2, -0.15) is 0 Å². The summed E-state index contributed by atoms with van der Waals surface area (Å²) in [5, 5.41) is 3.78. The molecule has 1 aliphatic heterocycles. The second kappa shape index (κ2) is 8.91. The minimum absolute atomic E-state index is 0.0465. The third kappa shape index (κ3) is 5.23. The number of rotatable bonds is 5. The highest BCUT2D eigenvalue weighted by atomic mass is 35.5. The van der Waals surface area contributed by atoms with Crippen LogP contribution < -0.4 is 5.32 Å². The summed E-state index contributed by atoms with van der Waals surface area (Å²) in [5.41, 5.74) is 2.47. The SMILES string of the molecule is O=C(NCCc1ccccc1Cl)N1CCC(Cc2ccccc2)CC1. The van der Waals surface area contributed by atoms with Gasteiger partial charge in [0.05, 0.1) is 0 Å². The molecule has 2 aromatic rings. The second-order valence-electron chi connectivity index (χ2n) is 6.69. The van der Waals surface area contributed by atoms with Crippen molar-refractivity contribution in [2.45, 2.75) is 25.7 Å². The van der Waals surface area contributed by atoms with E-state index in [4.69, 9.17) is 11.6 Å². The Kier molecular flexibility index (Phi) is 6.35. The molecule has 4 heteroatoms. The van der Waals surface area contributed by atoms with Gasteiger partial charge in [0.25, 0.3) is 0 Å². The molecule has 1 fully saturated rings. The van der Waals surface area contributed by atoms with Crippen molar-refractivity contribution in [2.75, 3.05) is 19.6 Å². The molecule has 1 N–H and O–H groups in total. The summed E-state index contributed by atoms with van der Waals surface area (Å²) in [4.78, 5) is 14.3. The number of urea groups is 1. The van der Waals surface area contributed by atoms with Gasteiger partial charge < -0.3 is 10.2 Å². The molecule has 0 atom stereocenters. The van der Waals surface area contributed by atoms with Gasteiger partial charge in [-0.1, -0.05) is 60.1 Å². The summed E-state index contributed by atoms with van der Waals surface area (Å²) in [6.07, 6.45) is 4.03. The van der Waals surface area contributed by atoms with Crippen molar-refractivity contribution in [3.8, 4) is 0 Å². The average Bonchev–Trinajstić information content (AvgIpc) is 2.65. The fourth-order valence-electron chi connectivity index (χ4n) is 3.40. The maximum Gasteiger partial charge on any atom is 0.317 e. The number of carbonyl (C=O) groups excluding carboxylic acids is 1. The molecule has 0 unspecified atom stereocenters. The van der Waals surface area contributed by atoms with Crippen LogP contribution in [0.2, 0.25) is 5.02 Å². The molecular formula is C21H25ClN2O. The van der Waals surface area contributed by atoms with E-state index in [0.717, 1.165) is 49.4 Å². The van der Waals surface area contributed by atoms with Crippen molar-refractivity contribution < 1.29 is 4.79 Å². The molecular weight excluding hydrogens is 332 g/mol. The number of piperidine rings is 1. The Morgan fingerprint density at radius 3 is 2.44 bits per heavy atom. The Labute approximate surface area is 155 Å². The molecule has 1 aliphatic rings. The minimum atomic E-state index is 0.0465. The maximum atomic E-state index is 12.3. The predicted octanol–water partition coefficient (Wildman–Crippen LogP) is 4.55. The van der Waals surface area contributed by atoms with Crippen LogP contribution in [0.25, 0.3) is 0 Å². The summed E-state index contributed by atoms with van der Waals surface area (Å²) in [7, 11) is 0. The Hall–Kier alpha value is -2.00. The Morgan fingerprint density at radius 2 is 1.72 bits per heavy atom. The van der Waals surface area contributed by atoms with Crippen LogP contribution in [0.3, 0.4) is 0 Å². The van der Waals surface area contributed by atoms with Crippen LogP contribution in [0.5, 0.6) is 0 Å². The van der Waals surface area contributed by atoms with Gasteiger partial charge in [0.2, 0.25) is 0 Å². The van der Waals surface area contributed by atoms with Crippen LogP contribution in [0.15, 0.2) is 54.6 Å². The third-order valence-electron chi connectivity index (χ3n) is 4.90. The van der Waals surface area contributed by atoms with Crippen LogP contribution >= 0.6 is 11.6 Å². The van der Waals surface area contributed by atoms with Gasteiger partial charge >= 0.3 is 6.03 Å². The molecule has 3 rings (SSSR count). The zero-order valence-electron chi connectivity index (χ0n) is 14.5. The van der Waals surface area contributed by atoms with Gasteiger partial charge in [0.1, 0.15) is 0 Å². The van der Waals surface area contributed by atoms with Crippen LogP contribution in [0, 0.1) is 5.92 Å². The maximum absolute atomic E-state index is 12.3. The summed E-state index contributed by atoms with van der Waals surface area (Å²) >= 11 is 6.15. The topological polar surface area (TPSA) is 32.3 Å². The van der Waals surface area contributed by atoms with Gasteiger partial charge in [-0.25, -0.2) is 4.79 Å². The number of carbonyl (C=O) groups is 1. The first kappa shape index (κ1) is 17.8. The molecule has 3 nitrogen and oxygen atoms in total. The Morgan fingerprint density at radius 1 is 1.04 bits per heavy atom. The van der Waals surface area contributed by atoms with Crippen LogP contribution in [0.1, 0.15) is 24.0 Å². The molecule has 0 bridgehead atoms. The van der Waals surface area contributed by atoms with E-state index in [0.29, 0.717) is 12.5 Å². The zero-order chi connectivity index (χ0) is 17.5. The summed E-state index contributed by atoms with van der Waals surface area (Å²) in [5.74, 6) is 0.676. The van der Waals surface area contributed by atoms with E-state index >= 15 is 0 Å². The highest BCUT2D eigenvalue weighted by molar-refractivity contribution is 6.31. The van der Waals surface area contributed by atoms with E-state index in [2.05, 4.69) is 35.6 Å². The van der Waals surface area contributed by atoms with E-state index in [1.54, 1.807) is 0 Å². The number of hydrogen-bond donors (Lipinski definition) is 1. The molecule has 2 aromatic carbocycles. The van der Waals surface area contributed by atoms with Crippen molar-refractivity contribution in [3.05, 3.63) is 70.7 Å². The van der Waals surface area contributed by atoms with Crippen molar-refractivity contribution in [2.24, 2.45) is 5.92 Å². The van der Waals surface area contributed by atoms with E-state index in [9.17, 15) is 4.79 Å². The smallest absolute Gasteiger partial charge is 0.317 e. The number of amides is 2. The summed E-state index contributed by atoms with van der Waals surface area (Å²) < 4.78 is 0. The summed E-state index contributed by atoms with van der Waals surface area (Å²) in [6, 6.07) is 18.4. The molecule has 1 heterocycles. The lowest BCUT2D eigenvalue weighted by Gasteiger charge is -2.32. The minimum Gasteiger partial charge on any atom is -0.338 e. The molecule has 0 aromatic heterocycles. The van der Waals surface area contributed by atoms with E-state index in [1.165, 1.54) is 5.56 Å². The van der Waals surface area contributed by atoms with Gasteiger partial charge in [-0.3, -0.25) is 0 Å². The number of likely N-dealkylation sites (tertiary alicyclic amines) is 1. The molecule has 0 radical (unpaired) electrons. The first-order valence-electron chi connectivity index (χ1n) is 9.02. The van der Waals surface area contributed by atoms with Crippen LogP contribution in [0.4, 0.5) is 4.79 Å². The first-order valence-corrected chi connectivity index (χ1v) is 9.40. The van der Waals surface area contributed by atoms with Gasteiger partial charge in [0.15, 0.2) is 0 Å². The highest BCUT2D eigenvalue weighted by Crippen LogP contribution is 2.21. The fraction of sp³-hybridized carbons (Fsp3) is 0.381. The fourth-order valence-corrected chi connectivity index (χ4v) is 3.63. The lowest BCUT2D eigenvalue weighted by Crippen LogP contribution is -2.45. The monoisotopic (exact) mass is 356 g/mol. The number of benzene rings is 2. The number of hydrogen-bond acceptors (Lipinski definition) is 1. The third-order valence-corrected chi connectivity index (χ3v) is 5.27. The Bertz CT molecular complexity index is 681. The number of halogens is 1. The van der Waals surface area contributed by atoms with Crippen LogP contribution in [-0.2, 0) is 12.8 Å². The normalized spacial score (nSPS) is 15.2. The van der Waals surface area contributed by atoms with Gasteiger partial charge in [0, 0.05) is 24.7 Å². The summed E-state index contributed by atoms with van der Waals surface area (Å²) in [6.45, 7) is 2.30. The highest BCUT2D eigenvalue weighted by Gasteiger charge is 2.22. The molecule has 0 saturated carbocycles. The number of nitrogens with one attached hydrogen (secondary N) is 1. The molecule has 0 aliphatic carbocycles. The van der Waals surface area contributed by atoms with Crippen molar-refractivity contribution >= 4 is 17.6 Å². The molecule has 0 spiro atoms. The van der Waals surface area contributed by atoms with Crippen molar-refractivity contribution in [1.29, 1.82) is 0 Å². The first-order chi connectivity index (χ1) is 12.2. The van der Waals surface area contributed by atoms with Crippen molar-refractivity contribution in [1.82, 2.24) is 10.2 Å². The van der Waals surface area contributed by atoms with Gasteiger partial charge in [-0.15, -0.1) is 0 Å². The average molecular weight is 357 g/mol. The quantitative estimate of drug-likeness (QED) is 0.837. The van der Waals surface area contributed by atoms with Crippen LogP contribution in [-0.4, -0.2) is 30.6 Å². The number of nitrogens with zero attached hydrogens (tertiary/aromatic N) is 1.